The molecule has 109 heavy (non-hydrogen) atoms. The van der Waals surface area contributed by atoms with Crippen LogP contribution >= 0.6 is 81.2 Å². The Bertz CT molecular complexity index is 5100. The molecule has 26 nitrogen and oxygen atoms in total. The molecule has 3 aliphatic heterocycles. The lowest BCUT2D eigenvalue weighted by Crippen LogP contribution is -2.49. The number of alkyl carbamates (subject to hydrolysis) is 2. The summed E-state index contributed by atoms with van der Waals surface area (Å²) in [6.07, 6.45) is 10.3. The van der Waals surface area contributed by atoms with Gasteiger partial charge >= 0.3 is 12.2 Å². The molecule has 0 atom stereocenters. The van der Waals surface area contributed by atoms with Crippen LogP contribution in [0, 0.1) is 10.1 Å². The van der Waals surface area contributed by atoms with Crippen molar-refractivity contribution in [3.63, 3.8) is 0 Å². The van der Waals surface area contributed by atoms with E-state index in [1.807, 2.05) is 108 Å². The molecular weight excluding hydrogens is 1570 g/mol. The van der Waals surface area contributed by atoms with Gasteiger partial charge in [0.05, 0.1) is 23.5 Å². The van der Waals surface area contributed by atoms with Gasteiger partial charge in [0.15, 0.2) is 4.90 Å². The van der Waals surface area contributed by atoms with E-state index < -0.39 is 44.0 Å². The first-order valence-electron chi connectivity index (χ1n) is 34.3. The third-order valence-corrected chi connectivity index (χ3v) is 21.0. The summed E-state index contributed by atoms with van der Waals surface area (Å²) in [6.45, 7) is 22.1. The minimum atomic E-state index is -4.08. The van der Waals surface area contributed by atoms with E-state index in [-0.39, 0.29) is 49.7 Å². The maximum atomic E-state index is 13.3. The molecule has 3 saturated heterocycles. The molecule has 3 aliphatic rings. The average molecular weight is 1650 g/mol. The summed E-state index contributed by atoms with van der Waals surface area (Å²) in [6, 6.07) is 27.2. The number of halogens is 7. The van der Waals surface area contributed by atoms with Gasteiger partial charge in [-0.25, -0.2) is 33.0 Å². The fraction of sp³-hybridized carbons (Fsp3) is 0.347. The Morgan fingerprint density at radius 1 is 0.541 bits per heavy atom. The smallest absolute Gasteiger partial charge is 0.407 e. The van der Waals surface area contributed by atoms with Crippen LogP contribution in [0.2, 0.25) is 30.1 Å². The van der Waals surface area contributed by atoms with E-state index in [0.29, 0.717) is 74.1 Å². The van der Waals surface area contributed by atoms with E-state index >= 15 is 0 Å². The number of nitro benzene ring substituents is 1. The van der Waals surface area contributed by atoms with Gasteiger partial charge < -0.3 is 50.8 Å². The zero-order valence-corrected chi connectivity index (χ0v) is 66.5. The molecule has 6 aromatic heterocycles. The maximum absolute atomic E-state index is 13.3. The van der Waals surface area contributed by atoms with Crippen molar-refractivity contribution < 1.29 is 42.0 Å². The van der Waals surface area contributed by atoms with Crippen LogP contribution in [0.1, 0.15) is 79.5 Å². The van der Waals surface area contributed by atoms with Crippen molar-refractivity contribution in [1.29, 1.82) is 0 Å². The normalized spacial score (nSPS) is 14.2. The Balaban J connectivity index is 0.000000188. The lowest BCUT2D eigenvalue weighted by molar-refractivity contribution is -0.387. The molecule has 0 radical (unpaired) electrons. The van der Waals surface area contributed by atoms with Gasteiger partial charge in [0, 0.05) is 200 Å². The number of carbonyl (C=O) groups excluding carboxylic acids is 4. The third-order valence-electron chi connectivity index (χ3n) is 17.4. The standard InChI is InChI=1S/C29H30Cl2N6O6S.C23H27Cl2N5O2.C20H21Cl2N5O.C2H3ClO.CH4/c1-29(2,3)43-28(38)33-16-19-14-26-32-17-27(36(26)18-22(19)21-9-8-20(30)15-23(21)31)34-10-12-35(13-11-34)44(41,42)25-7-5-4-6-24(25)37(39)40;1-23(2,3)32-22(31)28-12-15-10-20-27-13-21(29-8-6-26-7-9-29)30(20)14-18(15)17-5-4-16(24)11-19(17)25;1-13(28)25-4-6-26(7-5-25)20-11-24-19-8-14(10-23)17(12-27(19)20)16-3-2-15(21)9-18(16)22;1-2(3)4;/h4-9,14-15,17-18H,10-13,16H2,1-3H3,(H,33,38);4-5,10-11,13-14,26H,6-9,12H2,1-3H3,(H,28,31);2-3,8-9,11-12H,4-7,10,23H2,1H3;1H3;1H4. The lowest BCUT2D eigenvalue weighted by Gasteiger charge is -2.35. The van der Waals surface area contributed by atoms with Crippen molar-refractivity contribution in [1.82, 2.24) is 53.3 Å². The predicted molar refractivity (Wildman–Crippen MR) is 433 cm³/mol. The first-order valence-corrected chi connectivity index (χ1v) is 38.4. The number of hydrogen-bond acceptors (Lipinski definition) is 18. The first-order chi connectivity index (χ1) is 51.2. The molecular formula is C75H85Cl7N16O10S. The Kier molecular flexibility index (Phi) is 28.2. The summed E-state index contributed by atoms with van der Waals surface area (Å²) >= 11 is 42.6. The molecule has 3 fully saturated rings. The van der Waals surface area contributed by atoms with Gasteiger partial charge in [-0.05, 0) is 130 Å². The van der Waals surface area contributed by atoms with Gasteiger partial charge in [-0.1, -0.05) is 107 Å². The Morgan fingerprint density at radius 3 is 1.26 bits per heavy atom. The fourth-order valence-corrected chi connectivity index (χ4v) is 15.5. The molecule has 13 rings (SSSR count). The zero-order chi connectivity index (χ0) is 78.1. The van der Waals surface area contributed by atoms with E-state index in [1.165, 1.54) is 35.5 Å². The number of nitro groups is 1. The van der Waals surface area contributed by atoms with Crippen molar-refractivity contribution in [2.75, 3.05) is 93.2 Å². The summed E-state index contributed by atoms with van der Waals surface area (Å²) in [5.41, 5.74) is 14.1. The van der Waals surface area contributed by atoms with Crippen LogP contribution in [0.4, 0.5) is 32.7 Å². The van der Waals surface area contributed by atoms with Crippen molar-refractivity contribution in [3.05, 3.63) is 191 Å². The van der Waals surface area contributed by atoms with E-state index in [0.717, 1.165) is 113 Å². The van der Waals surface area contributed by atoms with Crippen molar-refractivity contribution in [3.8, 4) is 33.4 Å². The average Bonchev–Trinajstić information content (AvgIpc) is 1.73. The van der Waals surface area contributed by atoms with Crippen LogP contribution in [0.5, 0.6) is 0 Å². The molecule has 0 unspecified atom stereocenters. The molecule has 0 saturated carbocycles. The summed E-state index contributed by atoms with van der Waals surface area (Å²) in [5.74, 6) is 2.86. The van der Waals surface area contributed by atoms with Gasteiger partial charge in [0.25, 0.3) is 5.69 Å². The second-order valence-corrected chi connectivity index (χ2v) is 32.2. The number of para-hydroxylation sites is 1. The number of benzene rings is 4. The highest BCUT2D eigenvalue weighted by molar-refractivity contribution is 7.89. The van der Waals surface area contributed by atoms with Crippen LogP contribution in [0.3, 0.4) is 0 Å². The lowest BCUT2D eigenvalue weighted by atomic mass is 10.0. The molecule has 0 spiro atoms. The number of pyridine rings is 3. The highest BCUT2D eigenvalue weighted by Gasteiger charge is 2.35. The SMILES string of the molecule is C.CC(=O)Cl.CC(=O)N1CCN(c2cnc3cc(CN)c(-c4ccc(Cl)cc4Cl)cn23)CC1.CC(C)(C)OC(=O)NCc1cc2ncc(N3CCN(S(=O)(=O)c4ccccc4[N+](=O)[O-])CC3)n2cc1-c1ccc(Cl)cc1Cl.CC(C)(C)OC(=O)NCc1cc2ncc(N3CCNCC3)n2cc1-c1ccc(Cl)cc1Cl. The second kappa shape index (κ2) is 36.4. The molecule has 0 aliphatic carbocycles. The van der Waals surface area contributed by atoms with Crippen LogP contribution in [0.25, 0.3) is 50.3 Å². The summed E-state index contributed by atoms with van der Waals surface area (Å²) < 4.78 is 44.7. The van der Waals surface area contributed by atoms with Gasteiger partial charge in [-0.15, -0.1) is 0 Å². The molecule has 0 bridgehead atoms. The Labute approximate surface area is 667 Å². The number of anilines is 3. The van der Waals surface area contributed by atoms with E-state index in [2.05, 4.69) is 61.1 Å². The summed E-state index contributed by atoms with van der Waals surface area (Å²) in [4.78, 5) is 78.1. The van der Waals surface area contributed by atoms with E-state index in [1.54, 1.807) is 64.2 Å². The summed E-state index contributed by atoms with van der Waals surface area (Å²) in [7, 11) is -4.08. The molecule has 3 amide bonds. The number of nitrogens with two attached hydrogens (primary N) is 1. The minimum Gasteiger partial charge on any atom is -0.444 e. The Morgan fingerprint density at radius 2 is 0.899 bits per heavy atom. The van der Waals surface area contributed by atoms with Crippen LogP contribution in [0.15, 0.2) is 139 Å². The quantitative estimate of drug-likeness (QED) is 0.0447. The van der Waals surface area contributed by atoms with Gasteiger partial charge in [-0.3, -0.25) is 32.9 Å². The molecule has 5 N–H and O–H groups in total. The Hall–Kier alpha value is -8.71. The number of imidazole rings is 3. The first kappa shape index (κ1) is 84.3. The molecule has 34 heteroatoms. The van der Waals surface area contributed by atoms with Crippen molar-refractivity contribution in [2.24, 2.45) is 5.73 Å². The summed E-state index contributed by atoms with van der Waals surface area (Å²) in [5, 5.41) is 23.3. The zero-order valence-electron chi connectivity index (χ0n) is 60.4. The highest BCUT2D eigenvalue weighted by Crippen LogP contribution is 2.39. The van der Waals surface area contributed by atoms with Crippen LogP contribution in [-0.2, 0) is 48.7 Å². The number of aromatic nitrogens is 6. The van der Waals surface area contributed by atoms with Crippen LogP contribution in [-0.4, -0.2) is 164 Å². The minimum absolute atomic E-state index is 0. The predicted octanol–water partition coefficient (Wildman–Crippen LogP) is 15.3. The number of nitrogens with one attached hydrogen (secondary N) is 3. The monoisotopic (exact) mass is 1650 g/mol. The highest BCUT2D eigenvalue weighted by atomic mass is 35.5. The number of ether oxygens (including phenoxy) is 2. The number of rotatable bonds is 14. The number of carbonyl (C=O) groups is 4. The number of hydrogen-bond donors (Lipinski definition) is 4. The van der Waals surface area contributed by atoms with E-state index in [9.17, 15) is 37.7 Å². The molecule has 9 heterocycles. The van der Waals surface area contributed by atoms with Crippen LogP contribution < -0.4 is 36.4 Å². The largest absolute Gasteiger partial charge is 0.444 e. The number of nitrogens with zero attached hydrogens (tertiary/aromatic N) is 12. The molecule has 580 valence electrons. The topological polar surface area (TPSA) is 294 Å². The molecule has 10 aromatic rings. The number of amides is 3. The van der Waals surface area contributed by atoms with Crippen molar-refractivity contribution >= 4 is 155 Å². The number of fused-ring (bicyclic) bond motifs is 3. The number of piperazine rings is 3. The number of sulfonamides is 1. The van der Waals surface area contributed by atoms with Gasteiger partial charge in [0.1, 0.15) is 45.6 Å². The second-order valence-electron chi connectivity index (χ2n) is 27.3. The van der Waals surface area contributed by atoms with E-state index in [4.69, 9.17) is 84.8 Å². The maximum Gasteiger partial charge on any atom is 0.407 e. The third kappa shape index (κ3) is 21.3. The van der Waals surface area contributed by atoms with Gasteiger partial charge in [0.2, 0.25) is 21.2 Å². The fourth-order valence-electron chi connectivity index (χ4n) is 12.4. The van der Waals surface area contributed by atoms with Gasteiger partial charge in [-0.2, -0.15) is 4.31 Å². The van der Waals surface area contributed by atoms with Crippen molar-refractivity contribution in [2.45, 2.75) is 98.5 Å². The molecule has 4 aromatic carbocycles.